The number of benzene rings is 3. The standard InChI is InChI=1S/C31H29Cl2IN4O6S/c1-4-42-30(40)27-17(2)36-31(45)37-28(27)21-7-5-6-8-24(21)43-16-26(39)38-35-14-18-11-23(34)29(25(12-18)41-3)44-15-19-9-10-20(32)13-22(19)33/h5-14,28H,4,15-16H2,1-3H3,(H,38,39)(H2,36,37,45)/t28-/m0/s1. The molecule has 3 aromatic rings. The molecule has 10 nitrogen and oxygen atoms in total. The highest BCUT2D eigenvalue weighted by atomic mass is 127. The Kier molecular flexibility index (Phi) is 12.3. The van der Waals surface area contributed by atoms with Gasteiger partial charge in [0.2, 0.25) is 0 Å². The van der Waals surface area contributed by atoms with Crippen LogP contribution in [0.3, 0.4) is 0 Å². The summed E-state index contributed by atoms with van der Waals surface area (Å²) in [6, 6.07) is 15.2. The summed E-state index contributed by atoms with van der Waals surface area (Å²) in [4.78, 5) is 25.4. The van der Waals surface area contributed by atoms with Crippen molar-refractivity contribution in [1.82, 2.24) is 16.1 Å². The Bertz CT molecular complexity index is 1670. The molecule has 1 aliphatic heterocycles. The Morgan fingerprint density at radius 1 is 1.11 bits per heavy atom. The Morgan fingerprint density at radius 2 is 1.89 bits per heavy atom. The third-order valence-electron chi connectivity index (χ3n) is 6.40. The number of carbonyl (C=O) groups is 2. The Balaban J connectivity index is 1.40. The van der Waals surface area contributed by atoms with Gasteiger partial charge in [-0.05, 0) is 84.6 Å². The quantitative estimate of drug-likeness (QED) is 0.0662. The zero-order chi connectivity index (χ0) is 32.5. The van der Waals surface area contributed by atoms with E-state index in [4.69, 9.17) is 54.4 Å². The predicted molar refractivity (Wildman–Crippen MR) is 185 cm³/mol. The highest BCUT2D eigenvalue weighted by molar-refractivity contribution is 14.1. The molecule has 0 aromatic heterocycles. The minimum Gasteiger partial charge on any atom is -0.493 e. The van der Waals surface area contributed by atoms with E-state index < -0.39 is 17.9 Å². The minimum absolute atomic E-state index is 0.217. The lowest BCUT2D eigenvalue weighted by atomic mass is 9.95. The normalized spacial score (nSPS) is 14.4. The van der Waals surface area contributed by atoms with E-state index in [1.165, 1.54) is 13.3 Å². The fraction of sp³-hybridized carbons (Fsp3) is 0.226. The number of nitrogens with zero attached hydrogens (tertiary/aromatic N) is 1. The second-order valence-electron chi connectivity index (χ2n) is 9.47. The van der Waals surface area contributed by atoms with Crippen molar-refractivity contribution in [3.63, 3.8) is 0 Å². The van der Waals surface area contributed by atoms with E-state index in [0.29, 0.717) is 54.8 Å². The summed E-state index contributed by atoms with van der Waals surface area (Å²) in [6.45, 7) is 3.58. The molecule has 14 heteroatoms. The summed E-state index contributed by atoms with van der Waals surface area (Å²) in [5.74, 6) is 0.438. The van der Waals surface area contributed by atoms with E-state index in [1.54, 1.807) is 62.4 Å². The maximum Gasteiger partial charge on any atom is 0.338 e. The molecule has 0 spiro atoms. The monoisotopic (exact) mass is 782 g/mol. The van der Waals surface area contributed by atoms with Crippen LogP contribution in [0.5, 0.6) is 17.2 Å². The van der Waals surface area contributed by atoms with Gasteiger partial charge in [0, 0.05) is 26.9 Å². The van der Waals surface area contributed by atoms with E-state index >= 15 is 0 Å². The molecular formula is C31H29Cl2IN4O6S. The van der Waals surface area contributed by atoms with Crippen LogP contribution in [0.1, 0.15) is 36.6 Å². The summed E-state index contributed by atoms with van der Waals surface area (Å²) >= 11 is 19.7. The van der Waals surface area contributed by atoms with Gasteiger partial charge in [-0.1, -0.05) is 47.5 Å². The van der Waals surface area contributed by atoms with Crippen LogP contribution in [0, 0.1) is 3.57 Å². The van der Waals surface area contributed by atoms with Crippen LogP contribution in [-0.4, -0.2) is 43.5 Å². The van der Waals surface area contributed by atoms with Crippen LogP contribution in [0.15, 0.2) is 71.0 Å². The molecule has 3 aromatic carbocycles. The first-order chi connectivity index (χ1) is 21.6. The molecule has 0 fully saturated rings. The molecule has 3 N–H and O–H groups in total. The molecular weight excluding hydrogens is 754 g/mol. The van der Waals surface area contributed by atoms with E-state index in [1.807, 2.05) is 6.07 Å². The van der Waals surface area contributed by atoms with E-state index in [-0.39, 0.29) is 19.8 Å². The summed E-state index contributed by atoms with van der Waals surface area (Å²) in [5.41, 5.74) is 5.46. The zero-order valence-electron chi connectivity index (χ0n) is 24.4. The molecule has 236 valence electrons. The number of nitrogens with one attached hydrogen (secondary N) is 3. The Morgan fingerprint density at radius 3 is 2.62 bits per heavy atom. The van der Waals surface area contributed by atoms with Crippen molar-refractivity contribution in [3.8, 4) is 17.2 Å². The molecule has 1 aliphatic rings. The third kappa shape index (κ3) is 9.00. The first-order valence-electron chi connectivity index (χ1n) is 13.5. The molecule has 1 atom stereocenters. The number of amides is 1. The van der Waals surface area contributed by atoms with Gasteiger partial charge in [-0.3, -0.25) is 4.79 Å². The molecule has 0 bridgehead atoms. The topological polar surface area (TPSA) is 120 Å². The maximum absolute atomic E-state index is 12.8. The Labute approximate surface area is 289 Å². The number of carbonyl (C=O) groups excluding carboxylic acids is 2. The van der Waals surface area contributed by atoms with Gasteiger partial charge in [-0.15, -0.1) is 0 Å². The lowest BCUT2D eigenvalue weighted by molar-refractivity contribution is -0.139. The summed E-state index contributed by atoms with van der Waals surface area (Å²) < 4.78 is 23.4. The van der Waals surface area contributed by atoms with Gasteiger partial charge < -0.3 is 29.6 Å². The van der Waals surface area contributed by atoms with Gasteiger partial charge in [0.05, 0.1) is 35.1 Å². The molecule has 4 rings (SSSR count). The molecule has 1 heterocycles. The maximum atomic E-state index is 12.8. The zero-order valence-corrected chi connectivity index (χ0v) is 28.9. The van der Waals surface area contributed by atoms with Gasteiger partial charge >= 0.3 is 5.97 Å². The number of allylic oxidation sites excluding steroid dienone is 1. The molecule has 0 aliphatic carbocycles. The number of para-hydroxylation sites is 1. The summed E-state index contributed by atoms with van der Waals surface area (Å²) in [7, 11) is 1.53. The van der Waals surface area contributed by atoms with Crippen molar-refractivity contribution in [2.24, 2.45) is 5.10 Å². The SMILES string of the molecule is CCOC(=O)C1=C(C)NC(=S)N[C@H]1c1ccccc1OCC(=O)NN=Cc1cc(I)c(OCc2ccc(Cl)cc2Cl)c(OC)c1. The highest BCUT2D eigenvalue weighted by Crippen LogP contribution is 2.35. The fourth-order valence-electron chi connectivity index (χ4n) is 4.35. The van der Waals surface area contributed by atoms with Crippen molar-refractivity contribution in [2.45, 2.75) is 26.5 Å². The predicted octanol–water partition coefficient (Wildman–Crippen LogP) is 6.07. The van der Waals surface area contributed by atoms with Crippen LogP contribution in [0.25, 0.3) is 0 Å². The van der Waals surface area contributed by atoms with Crippen molar-refractivity contribution < 1.29 is 28.5 Å². The minimum atomic E-state index is -0.636. The lowest BCUT2D eigenvalue weighted by Crippen LogP contribution is -2.45. The fourth-order valence-corrected chi connectivity index (χ4v) is 5.87. The van der Waals surface area contributed by atoms with Crippen LogP contribution in [-0.2, 0) is 20.9 Å². The summed E-state index contributed by atoms with van der Waals surface area (Å²) in [6.07, 6.45) is 1.48. The van der Waals surface area contributed by atoms with Crippen LogP contribution in [0.4, 0.5) is 0 Å². The Hall–Kier alpha value is -3.59. The number of hydrogen-bond acceptors (Lipinski definition) is 8. The number of thiocarbonyl (C=S) groups is 1. The molecule has 0 saturated carbocycles. The largest absolute Gasteiger partial charge is 0.493 e. The number of rotatable bonds is 12. The number of esters is 1. The van der Waals surface area contributed by atoms with E-state index in [2.05, 4.69) is 43.8 Å². The number of halogens is 3. The average molecular weight is 783 g/mol. The molecule has 45 heavy (non-hydrogen) atoms. The smallest absolute Gasteiger partial charge is 0.338 e. The lowest BCUT2D eigenvalue weighted by Gasteiger charge is -2.30. The second kappa shape index (κ2) is 16.1. The number of hydrazone groups is 1. The molecule has 0 radical (unpaired) electrons. The molecule has 1 amide bonds. The van der Waals surface area contributed by atoms with Gasteiger partial charge in [0.1, 0.15) is 12.4 Å². The van der Waals surface area contributed by atoms with E-state index in [0.717, 1.165) is 9.13 Å². The van der Waals surface area contributed by atoms with Gasteiger partial charge in [-0.2, -0.15) is 5.10 Å². The molecule has 0 unspecified atom stereocenters. The first kappa shape index (κ1) is 34.3. The van der Waals surface area contributed by atoms with Crippen molar-refractivity contribution in [1.29, 1.82) is 0 Å². The highest BCUT2D eigenvalue weighted by Gasteiger charge is 2.32. The van der Waals surface area contributed by atoms with Crippen molar-refractivity contribution >= 4 is 81.2 Å². The van der Waals surface area contributed by atoms with Crippen LogP contribution >= 0.6 is 58.0 Å². The van der Waals surface area contributed by atoms with Crippen LogP contribution in [0.2, 0.25) is 10.0 Å². The summed E-state index contributed by atoms with van der Waals surface area (Å²) in [5, 5.41) is 11.5. The number of methoxy groups -OCH3 is 1. The molecule has 0 saturated heterocycles. The van der Waals surface area contributed by atoms with E-state index in [9.17, 15) is 9.59 Å². The van der Waals surface area contributed by atoms with Gasteiger partial charge in [0.15, 0.2) is 23.2 Å². The average Bonchev–Trinajstić information content (AvgIpc) is 3.00. The van der Waals surface area contributed by atoms with Crippen molar-refractivity contribution in [3.05, 3.63) is 96.2 Å². The van der Waals surface area contributed by atoms with Gasteiger partial charge in [0.25, 0.3) is 5.91 Å². The number of hydrogen-bond donors (Lipinski definition) is 3. The first-order valence-corrected chi connectivity index (χ1v) is 15.8. The second-order valence-corrected chi connectivity index (χ2v) is 11.9. The van der Waals surface area contributed by atoms with Crippen molar-refractivity contribution in [2.75, 3.05) is 20.3 Å². The number of ether oxygens (including phenoxy) is 4. The van der Waals surface area contributed by atoms with Gasteiger partial charge in [-0.25, -0.2) is 10.2 Å². The van der Waals surface area contributed by atoms with Crippen LogP contribution < -0.4 is 30.3 Å². The third-order valence-corrected chi connectivity index (χ3v) is 8.00.